The SMILES string of the molecule is Cc1ccc2c(CN3CCNC(=O)[C@H]3c3c(C)nn(-c4ccccc4)c3C)cc(=O)oc2c1C. The molecule has 1 N–H and O–H groups in total. The summed E-state index contributed by atoms with van der Waals surface area (Å²) in [6, 6.07) is 15.0. The number of carbonyl (C=O) groups excluding carboxylic acids is 1. The molecule has 2 aromatic heterocycles. The van der Waals surface area contributed by atoms with E-state index in [4.69, 9.17) is 9.52 Å². The Hall–Kier alpha value is -3.71. The molecule has 0 aliphatic carbocycles. The van der Waals surface area contributed by atoms with Gasteiger partial charge in [-0.25, -0.2) is 9.48 Å². The fourth-order valence-corrected chi connectivity index (χ4v) is 4.94. The summed E-state index contributed by atoms with van der Waals surface area (Å²) in [6.45, 7) is 9.59. The molecule has 3 heterocycles. The van der Waals surface area contributed by atoms with Crippen LogP contribution in [0.25, 0.3) is 16.7 Å². The Bertz CT molecular complexity index is 1450. The lowest BCUT2D eigenvalue weighted by Crippen LogP contribution is -2.49. The van der Waals surface area contributed by atoms with Gasteiger partial charge in [0.15, 0.2) is 0 Å². The fraction of sp³-hybridized carbons (Fsp3) is 0.296. The van der Waals surface area contributed by atoms with E-state index < -0.39 is 6.04 Å². The molecule has 7 nitrogen and oxygen atoms in total. The van der Waals surface area contributed by atoms with Crippen LogP contribution in [0.15, 0.2) is 57.7 Å². The highest BCUT2D eigenvalue weighted by molar-refractivity contribution is 5.86. The molecule has 4 aromatic rings. The second kappa shape index (κ2) is 8.57. The predicted octanol–water partition coefficient (Wildman–Crippen LogP) is 3.89. The summed E-state index contributed by atoms with van der Waals surface area (Å²) < 4.78 is 7.45. The van der Waals surface area contributed by atoms with Crippen molar-refractivity contribution in [2.45, 2.75) is 40.3 Å². The van der Waals surface area contributed by atoms with Gasteiger partial charge in [-0.2, -0.15) is 5.10 Å². The van der Waals surface area contributed by atoms with Gasteiger partial charge in [0, 0.05) is 42.3 Å². The van der Waals surface area contributed by atoms with Crippen molar-refractivity contribution >= 4 is 16.9 Å². The van der Waals surface area contributed by atoms with Crippen molar-refractivity contribution in [2.24, 2.45) is 0 Å². The van der Waals surface area contributed by atoms with Gasteiger partial charge >= 0.3 is 5.63 Å². The number of piperazine rings is 1. The average molecular weight is 457 g/mol. The lowest BCUT2D eigenvalue weighted by molar-refractivity contribution is -0.129. The van der Waals surface area contributed by atoms with Crippen LogP contribution in [0.4, 0.5) is 0 Å². The number of aryl methyl sites for hydroxylation is 3. The second-order valence-electron chi connectivity index (χ2n) is 8.97. The third kappa shape index (κ3) is 3.72. The molecule has 1 aliphatic heterocycles. The number of hydrogen-bond acceptors (Lipinski definition) is 5. The monoisotopic (exact) mass is 456 g/mol. The van der Waals surface area contributed by atoms with E-state index in [1.54, 1.807) is 6.07 Å². The Morgan fingerprint density at radius 1 is 1.06 bits per heavy atom. The molecule has 1 atom stereocenters. The highest BCUT2D eigenvalue weighted by Gasteiger charge is 2.35. The molecule has 1 amide bonds. The Labute approximate surface area is 198 Å². The van der Waals surface area contributed by atoms with E-state index in [2.05, 4.69) is 10.2 Å². The third-order valence-electron chi connectivity index (χ3n) is 6.82. The number of hydrogen-bond donors (Lipinski definition) is 1. The highest BCUT2D eigenvalue weighted by atomic mass is 16.4. The smallest absolute Gasteiger partial charge is 0.336 e. The molecular formula is C27H28N4O3. The topological polar surface area (TPSA) is 80.4 Å². The zero-order valence-corrected chi connectivity index (χ0v) is 19.9. The first-order valence-electron chi connectivity index (χ1n) is 11.5. The predicted molar refractivity (Wildman–Crippen MR) is 131 cm³/mol. The van der Waals surface area contributed by atoms with Crippen molar-refractivity contribution in [1.82, 2.24) is 20.0 Å². The molecule has 34 heavy (non-hydrogen) atoms. The van der Waals surface area contributed by atoms with Crippen LogP contribution in [-0.2, 0) is 11.3 Å². The summed E-state index contributed by atoms with van der Waals surface area (Å²) in [5, 5.41) is 8.68. The first kappa shape index (κ1) is 22.1. The van der Waals surface area contributed by atoms with Gasteiger partial charge in [0.1, 0.15) is 11.6 Å². The van der Waals surface area contributed by atoms with Gasteiger partial charge in [-0.1, -0.05) is 30.3 Å². The van der Waals surface area contributed by atoms with Gasteiger partial charge in [0.05, 0.1) is 11.4 Å². The largest absolute Gasteiger partial charge is 0.422 e. The van der Waals surface area contributed by atoms with Gasteiger partial charge in [-0.15, -0.1) is 0 Å². The van der Waals surface area contributed by atoms with E-state index in [9.17, 15) is 9.59 Å². The first-order valence-corrected chi connectivity index (χ1v) is 11.5. The normalized spacial score (nSPS) is 16.7. The number of benzene rings is 2. The minimum absolute atomic E-state index is 0.0515. The van der Waals surface area contributed by atoms with Crippen molar-refractivity contribution in [2.75, 3.05) is 13.1 Å². The molecule has 1 aliphatic rings. The molecule has 1 fully saturated rings. The van der Waals surface area contributed by atoms with Crippen LogP contribution in [0.1, 0.15) is 39.7 Å². The second-order valence-corrected chi connectivity index (χ2v) is 8.97. The van der Waals surface area contributed by atoms with Gasteiger partial charge in [0.2, 0.25) is 5.91 Å². The van der Waals surface area contributed by atoms with E-state index in [0.29, 0.717) is 25.2 Å². The Morgan fingerprint density at radius 3 is 2.59 bits per heavy atom. The maximum Gasteiger partial charge on any atom is 0.336 e. The molecule has 0 saturated carbocycles. The molecule has 0 bridgehead atoms. The summed E-state index contributed by atoms with van der Waals surface area (Å²) in [5.74, 6) is -0.0515. The molecule has 0 unspecified atom stereocenters. The molecule has 0 spiro atoms. The Balaban J connectivity index is 1.59. The number of fused-ring (bicyclic) bond motifs is 1. The van der Waals surface area contributed by atoms with Gasteiger partial charge in [-0.05, 0) is 56.5 Å². The standard InChI is InChI=1S/C27H28N4O3/c1-16-10-11-22-20(14-23(32)34-26(22)17(16)2)15-30-13-12-28-27(33)25(30)24-18(3)29-31(19(24)4)21-8-6-5-7-9-21/h5-11,14,25H,12-13,15H2,1-4H3,(H,28,33)/t25-/m1/s1. The van der Waals surface area contributed by atoms with Crippen molar-refractivity contribution in [3.8, 4) is 5.69 Å². The zero-order valence-electron chi connectivity index (χ0n) is 19.9. The summed E-state index contributed by atoms with van der Waals surface area (Å²) in [6.07, 6.45) is 0. The molecule has 5 rings (SSSR count). The van der Waals surface area contributed by atoms with Crippen LogP contribution < -0.4 is 10.9 Å². The van der Waals surface area contributed by atoms with E-state index in [0.717, 1.165) is 44.7 Å². The molecule has 1 saturated heterocycles. The summed E-state index contributed by atoms with van der Waals surface area (Å²) in [4.78, 5) is 27.8. The summed E-state index contributed by atoms with van der Waals surface area (Å²) >= 11 is 0. The molecule has 0 radical (unpaired) electrons. The van der Waals surface area contributed by atoms with Crippen LogP contribution in [0, 0.1) is 27.7 Å². The molecule has 7 heteroatoms. The Morgan fingerprint density at radius 2 is 1.82 bits per heavy atom. The van der Waals surface area contributed by atoms with E-state index in [1.807, 2.05) is 74.8 Å². The molecular weight excluding hydrogens is 428 g/mol. The van der Waals surface area contributed by atoms with E-state index >= 15 is 0 Å². The van der Waals surface area contributed by atoms with E-state index in [1.165, 1.54) is 0 Å². The quantitative estimate of drug-likeness (QED) is 0.472. The van der Waals surface area contributed by atoms with Crippen LogP contribution >= 0.6 is 0 Å². The van der Waals surface area contributed by atoms with Crippen molar-refractivity contribution in [3.05, 3.63) is 92.6 Å². The average Bonchev–Trinajstić information content (AvgIpc) is 3.11. The van der Waals surface area contributed by atoms with Crippen LogP contribution in [-0.4, -0.2) is 33.7 Å². The maximum atomic E-state index is 13.2. The summed E-state index contributed by atoms with van der Waals surface area (Å²) in [5.41, 5.74) is 6.73. The number of rotatable bonds is 4. The van der Waals surface area contributed by atoms with Crippen molar-refractivity contribution < 1.29 is 9.21 Å². The lowest BCUT2D eigenvalue weighted by Gasteiger charge is -2.35. The highest BCUT2D eigenvalue weighted by Crippen LogP contribution is 2.32. The fourth-order valence-electron chi connectivity index (χ4n) is 4.94. The van der Waals surface area contributed by atoms with Crippen LogP contribution in [0.5, 0.6) is 0 Å². The van der Waals surface area contributed by atoms with Crippen molar-refractivity contribution in [3.63, 3.8) is 0 Å². The summed E-state index contributed by atoms with van der Waals surface area (Å²) in [7, 11) is 0. The number of aromatic nitrogens is 2. The molecule has 2 aromatic carbocycles. The van der Waals surface area contributed by atoms with Gasteiger partial charge in [0.25, 0.3) is 0 Å². The minimum atomic E-state index is -0.500. The minimum Gasteiger partial charge on any atom is -0.422 e. The van der Waals surface area contributed by atoms with E-state index in [-0.39, 0.29) is 11.5 Å². The molecule has 174 valence electrons. The zero-order chi connectivity index (χ0) is 24.0. The van der Waals surface area contributed by atoms with Crippen LogP contribution in [0.3, 0.4) is 0 Å². The number of nitrogens with zero attached hydrogens (tertiary/aromatic N) is 3. The number of nitrogens with one attached hydrogen (secondary N) is 1. The third-order valence-corrected chi connectivity index (χ3v) is 6.82. The lowest BCUT2D eigenvalue weighted by atomic mass is 9.98. The van der Waals surface area contributed by atoms with Gasteiger partial charge < -0.3 is 9.73 Å². The first-order chi connectivity index (χ1) is 16.3. The number of amides is 1. The number of carbonyl (C=O) groups is 1. The Kier molecular flexibility index (Phi) is 5.57. The maximum absolute atomic E-state index is 13.2. The van der Waals surface area contributed by atoms with Crippen LogP contribution in [0.2, 0.25) is 0 Å². The van der Waals surface area contributed by atoms with Crippen molar-refractivity contribution in [1.29, 1.82) is 0 Å². The number of para-hydroxylation sites is 1. The van der Waals surface area contributed by atoms with Gasteiger partial charge in [-0.3, -0.25) is 9.69 Å².